The van der Waals surface area contributed by atoms with Gasteiger partial charge in [0.05, 0.1) is 6.61 Å². The number of benzene rings is 1. The molecule has 1 atom stereocenters. The molecule has 0 aliphatic rings. The molecule has 126 valence electrons. The molecule has 1 aromatic rings. The van der Waals surface area contributed by atoms with E-state index in [1.807, 2.05) is 30.3 Å². The van der Waals surface area contributed by atoms with Gasteiger partial charge < -0.3 is 19.0 Å². The highest BCUT2D eigenvalue weighted by Crippen LogP contribution is 2.20. The molecule has 0 saturated heterocycles. The van der Waals surface area contributed by atoms with Crippen LogP contribution in [0.1, 0.15) is 44.6 Å². The summed E-state index contributed by atoms with van der Waals surface area (Å²) in [6, 6.07) is 11.1. The van der Waals surface area contributed by atoms with Crippen LogP contribution in [0.5, 0.6) is 0 Å². The molecule has 0 spiro atoms. The molecule has 2 N–H and O–H groups in total. The van der Waals surface area contributed by atoms with Crippen LogP contribution in [0.4, 0.5) is 0 Å². The lowest BCUT2D eigenvalue weighted by Crippen LogP contribution is -2.44. The quantitative estimate of drug-likeness (QED) is 0.470. The van der Waals surface area contributed by atoms with Crippen molar-refractivity contribution in [2.75, 3.05) is 14.2 Å². The van der Waals surface area contributed by atoms with E-state index in [4.69, 9.17) is 19.0 Å². The molecule has 0 bridgehead atoms. The molecule has 0 saturated carbocycles. The van der Waals surface area contributed by atoms with Crippen LogP contribution in [-0.4, -0.2) is 29.1 Å². The minimum Gasteiger partial charge on any atom is -0.377 e. The lowest BCUT2D eigenvalue weighted by Gasteiger charge is -2.27. The highest BCUT2D eigenvalue weighted by atomic mass is 28.4. The summed E-state index contributed by atoms with van der Waals surface area (Å²) in [6.07, 6.45) is 5.60. The van der Waals surface area contributed by atoms with Crippen LogP contribution >= 0.6 is 0 Å². The van der Waals surface area contributed by atoms with E-state index in [0.29, 0.717) is 6.61 Å². The molecule has 1 rings (SSSR count). The summed E-state index contributed by atoms with van der Waals surface area (Å²) < 4.78 is 17.3. The summed E-state index contributed by atoms with van der Waals surface area (Å²) in [7, 11) is 0.723. The summed E-state index contributed by atoms with van der Waals surface area (Å²) >= 11 is 0. The third-order valence-electron chi connectivity index (χ3n) is 3.92. The Morgan fingerprint density at radius 1 is 1.05 bits per heavy atom. The first-order valence-corrected chi connectivity index (χ1v) is 10.1. The molecule has 0 aliphatic heterocycles. The van der Waals surface area contributed by atoms with Crippen LogP contribution in [0.25, 0.3) is 0 Å². The van der Waals surface area contributed by atoms with Gasteiger partial charge >= 0.3 is 8.80 Å². The Bertz CT molecular complexity index is 385. The number of hydrogen-bond donors (Lipinski definition) is 1. The van der Waals surface area contributed by atoms with E-state index in [1.54, 1.807) is 14.2 Å². The normalized spacial score (nSPS) is 13.3. The van der Waals surface area contributed by atoms with Crippen LogP contribution < -0.4 is 5.73 Å². The standard InChI is InChI=1S/C17H31NO3Si/c1-4-5-7-12-17(18)13-14-22(19-2,20-3)21-15-16-10-8-6-9-11-16/h6,8-11,17H,4-5,7,12-15,18H2,1-3H3. The molecule has 22 heavy (non-hydrogen) atoms. The second-order valence-corrected chi connectivity index (χ2v) is 8.63. The first-order chi connectivity index (χ1) is 10.7. The van der Waals surface area contributed by atoms with Crippen molar-refractivity contribution in [3.8, 4) is 0 Å². The highest BCUT2D eigenvalue weighted by Gasteiger charge is 2.39. The smallest absolute Gasteiger partial charge is 0.377 e. The Balaban J connectivity index is 2.44. The second-order valence-electron chi connectivity index (χ2n) is 5.66. The molecule has 0 aliphatic carbocycles. The lowest BCUT2D eigenvalue weighted by molar-refractivity contribution is 0.0901. The van der Waals surface area contributed by atoms with Crippen LogP contribution in [0.2, 0.25) is 6.04 Å². The number of nitrogens with two attached hydrogens (primary N) is 1. The molecular weight excluding hydrogens is 294 g/mol. The largest absolute Gasteiger partial charge is 0.500 e. The molecular formula is C17H31NO3Si. The van der Waals surface area contributed by atoms with Crippen molar-refractivity contribution in [3.63, 3.8) is 0 Å². The molecule has 5 heteroatoms. The monoisotopic (exact) mass is 325 g/mol. The van der Waals surface area contributed by atoms with Gasteiger partial charge in [-0.05, 0) is 18.4 Å². The molecule has 1 aromatic carbocycles. The molecule has 0 aromatic heterocycles. The van der Waals surface area contributed by atoms with E-state index in [9.17, 15) is 0 Å². The lowest BCUT2D eigenvalue weighted by atomic mass is 10.1. The van der Waals surface area contributed by atoms with Gasteiger partial charge in [-0.2, -0.15) is 0 Å². The van der Waals surface area contributed by atoms with Gasteiger partial charge in [0.25, 0.3) is 0 Å². The van der Waals surface area contributed by atoms with Crippen LogP contribution in [0, 0.1) is 0 Å². The van der Waals surface area contributed by atoms with Crippen molar-refractivity contribution in [1.82, 2.24) is 0 Å². The van der Waals surface area contributed by atoms with Gasteiger partial charge in [0.1, 0.15) is 0 Å². The molecule has 0 fully saturated rings. The Kier molecular flexibility index (Phi) is 9.59. The third-order valence-corrected chi connectivity index (χ3v) is 6.65. The van der Waals surface area contributed by atoms with Gasteiger partial charge in [0.2, 0.25) is 0 Å². The molecule has 4 nitrogen and oxygen atoms in total. The summed E-state index contributed by atoms with van der Waals surface area (Å²) in [5.74, 6) is 0. The summed E-state index contributed by atoms with van der Waals surface area (Å²) in [6.45, 7) is 2.72. The van der Waals surface area contributed by atoms with Gasteiger partial charge in [-0.15, -0.1) is 0 Å². The summed E-state index contributed by atoms with van der Waals surface area (Å²) in [5.41, 5.74) is 7.32. The van der Waals surface area contributed by atoms with E-state index < -0.39 is 8.80 Å². The number of hydrogen-bond acceptors (Lipinski definition) is 4. The Morgan fingerprint density at radius 2 is 1.73 bits per heavy atom. The maximum absolute atomic E-state index is 6.19. The zero-order valence-electron chi connectivity index (χ0n) is 14.2. The molecule has 1 unspecified atom stereocenters. The van der Waals surface area contributed by atoms with Crippen molar-refractivity contribution in [3.05, 3.63) is 35.9 Å². The van der Waals surface area contributed by atoms with E-state index in [0.717, 1.165) is 24.4 Å². The van der Waals surface area contributed by atoms with Crippen LogP contribution in [0.3, 0.4) is 0 Å². The summed E-state index contributed by atoms with van der Waals surface area (Å²) in [5, 5.41) is 0. The molecule has 0 amide bonds. The van der Waals surface area contributed by atoms with Gasteiger partial charge in [0.15, 0.2) is 0 Å². The van der Waals surface area contributed by atoms with E-state index >= 15 is 0 Å². The zero-order chi connectivity index (χ0) is 16.3. The van der Waals surface area contributed by atoms with Gasteiger partial charge in [-0.25, -0.2) is 0 Å². The SMILES string of the molecule is CCCCCC(N)CC[Si](OC)(OC)OCc1ccccc1. The fourth-order valence-electron chi connectivity index (χ4n) is 2.41. The fourth-order valence-corrected chi connectivity index (χ4v) is 4.47. The molecule has 0 heterocycles. The van der Waals surface area contributed by atoms with Crippen LogP contribution in [0.15, 0.2) is 30.3 Å². The van der Waals surface area contributed by atoms with Gasteiger partial charge in [-0.3, -0.25) is 0 Å². The summed E-state index contributed by atoms with van der Waals surface area (Å²) in [4.78, 5) is 0. The average molecular weight is 326 g/mol. The fraction of sp³-hybridized carbons (Fsp3) is 0.647. The van der Waals surface area contributed by atoms with E-state index in [1.165, 1.54) is 19.3 Å². The van der Waals surface area contributed by atoms with Crippen molar-refractivity contribution in [1.29, 1.82) is 0 Å². The van der Waals surface area contributed by atoms with E-state index in [-0.39, 0.29) is 6.04 Å². The van der Waals surface area contributed by atoms with E-state index in [2.05, 4.69) is 6.92 Å². The maximum atomic E-state index is 6.19. The molecule has 0 radical (unpaired) electrons. The van der Waals surface area contributed by atoms with Crippen LogP contribution in [-0.2, 0) is 19.9 Å². The first kappa shape index (κ1) is 19.3. The highest BCUT2D eigenvalue weighted by molar-refractivity contribution is 6.60. The predicted molar refractivity (Wildman–Crippen MR) is 92.5 cm³/mol. The van der Waals surface area contributed by atoms with Gasteiger partial charge in [0, 0.05) is 26.3 Å². The van der Waals surface area contributed by atoms with Crippen molar-refractivity contribution >= 4 is 8.80 Å². The van der Waals surface area contributed by atoms with Gasteiger partial charge in [-0.1, -0.05) is 56.5 Å². The first-order valence-electron chi connectivity index (χ1n) is 8.19. The Morgan fingerprint density at radius 3 is 2.32 bits per heavy atom. The predicted octanol–water partition coefficient (Wildman–Crippen LogP) is 3.73. The number of unbranched alkanes of at least 4 members (excludes halogenated alkanes) is 2. The number of rotatable bonds is 12. The minimum absolute atomic E-state index is 0.198. The zero-order valence-corrected chi connectivity index (χ0v) is 15.2. The minimum atomic E-state index is -2.62. The van der Waals surface area contributed by atoms with Crippen molar-refractivity contribution in [2.45, 2.75) is 57.7 Å². The Hall–Kier alpha value is -0.723. The average Bonchev–Trinajstić information content (AvgIpc) is 2.57. The second kappa shape index (κ2) is 10.9. The Labute approximate surface area is 136 Å². The van der Waals surface area contributed by atoms with Crippen molar-refractivity contribution in [2.24, 2.45) is 5.73 Å². The van der Waals surface area contributed by atoms with Crippen molar-refractivity contribution < 1.29 is 13.3 Å². The topological polar surface area (TPSA) is 53.7 Å². The third kappa shape index (κ3) is 7.02. The maximum Gasteiger partial charge on any atom is 0.500 e.